The van der Waals surface area contributed by atoms with Gasteiger partial charge < -0.3 is 10.2 Å². The molecule has 0 unspecified atom stereocenters. The van der Waals surface area contributed by atoms with Crippen molar-refractivity contribution in [3.63, 3.8) is 0 Å². The molecular weight excluding hydrogens is 212 g/mol. The molecule has 1 saturated carbocycles. The van der Waals surface area contributed by atoms with Crippen molar-refractivity contribution in [2.75, 3.05) is 13.1 Å². The molecule has 0 bridgehead atoms. The highest BCUT2D eigenvalue weighted by Crippen LogP contribution is 2.26. The number of carbonyl (C=O) groups is 1. The summed E-state index contributed by atoms with van der Waals surface area (Å²) in [5.74, 6) is 0.326. The second-order valence-corrected chi connectivity index (χ2v) is 5.91. The number of hydrogen-bond donors (Lipinski definition) is 1. The van der Waals surface area contributed by atoms with Crippen molar-refractivity contribution in [1.29, 1.82) is 0 Å². The number of nitrogens with zero attached hydrogens (tertiary/aromatic N) is 1. The predicted octanol–water partition coefficient (Wildman–Crippen LogP) is 2.17. The highest BCUT2D eigenvalue weighted by molar-refractivity contribution is 5.78. The maximum absolute atomic E-state index is 11.6. The van der Waals surface area contributed by atoms with Crippen LogP contribution >= 0.6 is 0 Å². The van der Waals surface area contributed by atoms with Gasteiger partial charge in [-0.3, -0.25) is 4.79 Å². The maximum Gasteiger partial charge on any atom is 0.222 e. The summed E-state index contributed by atoms with van der Waals surface area (Å²) in [6.45, 7) is 6.27. The predicted molar refractivity (Wildman–Crippen MR) is 69.8 cm³/mol. The van der Waals surface area contributed by atoms with E-state index in [1.54, 1.807) is 0 Å². The summed E-state index contributed by atoms with van der Waals surface area (Å²) in [5.41, 5.74) is 0. The fraction of sp³-hybridized carbons (Fsp3) is 0.929. The Morgan fingerprint density at radius 1 is 1.12 bits per heavy atom. The molecular formula is C14H26N2O. The third-order valence-corrected chi connectivity index (χ3v) is 4.24. The van der Waals surface area contributed by atoms with Gasteiger partial charge in [-0.05, 0) is 25.7 Å². The quantitative estimate of drug-likeness (QED) is 0.817. The molecule has 0 radical (unpaired) electrons. The Morgan fingerprint density at radius 3 is 2.24 bits per heavy atom. The molecule has 1 aliphatic carbocycles. The van der Waals surface area contributed by atoms with Gasteiger partial charge in [0.15, 0.2) is 0 Å². The van der Waals surface area contributed by atoms with Crippen LogP contribution in [0, 0.1) is 5.92 Å². The number of amides is 1. The normalized spacial score (nSPS) is 24.4. The van der Waals surface area contributed by atoms with Gasteiger partial charge in [0.05, 0.1) is 0 Å². The lowest BCUT2D eigenvalue weighted by Gasteiger charge is -2.36. The average Bonchev–Trinajstić information content (AvgIpc) is 2.83. The lowest BCUT2D eigenvalue weighted by molar-refractivity contribution is -0.125. The highest BCUT2D eigenvalue weighted by atomic mass is 16.1. The Hall–Kier alpha value is -0.570. The van der Waals surface area contributed by atoms with Gasteiger partial charge in [0.1, 0.15) is 0 Å². The molecule has 1 heterocycles. The van der Waals surface area contributed by atoms with Crippen molar-refractivity contribution in [1.82, 2.24) is 10.2 Å². The van der Waals surface area contributed by atoms with Gasteiger partial charge in [0.25, 0.3) is 0 Å². The molecule has 1 saturated heterocycles. The lowest BCUT2D eigenvalue weighted by Crippen LogP contribution is -2.48. The van der Waals surface area contributed by atoms with E-state index in [0.29, 0.717) is 6.04 Å². The molecule has 1 aliphatic heterocycles. The monoisotopic (exact) mass is 238 g/mol. The molecule has 2 rings (SSSR count). The first-order valence-electron chi connectivity index (χ1n) is 7.21. The minimum absolute atomic E-state index is 0.114. The number of piperidine rings is 1. The van der Waals surface area contributed by atoms with Crippen LogP contribution in [0.4, 0.5) is 0 Å². The molecule has 17 heavy (non-hydrogen) atoms. The van der Waals surface area contributed by atoms with E-state index in [1.807, 2.05) is 13.8 Å². The van der Waals surface area contributed by atoms with Gasteiger partial charge in [-0.15, -0.1) is 0 Å². The second kappa shape index (κ2) is 5.85. The van der Waals surface area contributed by atoms with Crippen LogP contribution in [-0.2, 0) is 4.79 Å². The first kappa shape index (κ1) is 12.9. The molecule has 1 amide bonds. The van der Waals surface area contributed by atoms with E-state index in [-0.39, 0.29) is 11.8 Å². The van der Waals surface area contributed by atoms with Crippen molar-refractivity contribution < 1.29 is 4.79 Å². The number of likely N-dealkylation sites (tertiary alicyclic amines) is 1. The molecule has 3 nitrogen and oxygen atoms in total. The van der Waals surface area contributed by atoms with Crippen molar-refractivity contribution in [3.8, 4) is 0 Å². The molecule has 0 aromatic carbocycles. The van der Waals surface area contributed by atoms with Crippen LogP contribution in [0.15, 0.2) is 0 Å². The molecule has 3 heteroatoms. The highest BCUT2D eigenvalue weighted by Gasteiger charge is 2.27. The van der Waals surface area contributed by atoms with Crippen LogP contribution in [-0.4, -0.2) is 36.0 Å². The number of hydrogen-bond acceptors (Lipinski definition) is 2. The van der Waals surface area contributed by atoms with Crippen LogP contribution in [0.2, 0.25) is 0 Å². The molecule has 0 spiro atoms. The third kappa shape index (κ3) is 3.44. The standard InChI is InChI=1S/C14H26N2O/c1-11(2)14(17)15-12-7-9-16(10-8-12)13-5-3-4-6-13/h11-13H,3-10H2,1-2H3,(H,15,17). The summed E-state index contributed by atoms with van der Waals surface area (Å²) in [6.07, 6.45) is 7.87. The average molecular weight is 238 g/mol. The van der Waals surface area contributed by atoms with E-state index in [2.05, 4.69) is 10.2 Å². The number of rotatable bonds is 3. The van der Waals surface area contributed by atoms with Crippen LogP contribution < -0.4 is 5.32 Å². The van der Waals surface area contributed by atoms with Crippen molar-refractivity contribution in [2.45, 2.75) is 64.5 Å². The minimum atomic E-state index is 0.114. The van der Waals surface area contributed by atoms with Gasteiger partial charge in [-0.1, -0.05) is 26.7 Å². The molecule has 2 aliphatic rings. The SMILES string of the molecule is CC(C)C(=O)NC1CCN(C2CCCC2)CC1. The second-order valence-electron chi connectivity index (χ2n) is 5.91. The summed E-state index contributed by atoms with van der Waals surface area (Å²) in [5, 5.41) is 3.16. The van der Waals surface area contributed by atoms with Gasteiger partial charge in [0, 0.05) is 31.1 Å². The topological polar surface area (TPSA) is 32.3 Å². The first-order valence-corrected chi connectivity index (χ1v) is 7.21. The van der Waals surface area contributed by atoms with Crippen LogP contribution in [0.5, 0.6) is 0 Å². The van der Waals surface area contributed by atoms with Crippen molar-refractivity contribution >= 4 is 5.91 Å². The summed E-state index contributed by atoms with van der Waals surface area (Å²) >= 11 is 0. The molecule has 2 fully saturated rings. The Kier molecular flexibility index (Phi) is 4.43. The zero-order valence-electron chi connectivity index (χ0n) is 11.2. The summed E-state index contributed by atoms with van der Waals surface area (Å²) in [7, 11) is 0. The van der Waals surface area contributed by atoms with E-state index >= 15 is 0 Å². The lowest BCUT2D eigenvalue weighted by atomic mass is 10.0. The van der Waals surface area contributed by atoms with Crippen molar-refractivity contribution in [2.24, 2.45) is 5.92 Å². The van der Waals surface area contributed by atoms with E-state index in [0.717, 1.165) is 18.9 Å². The third-order valence-electron chi connectivity index (χ3n) is 4.24. The Balaban J connectivity index is 1.72. The summed E-state index contributed by atoms with van der Waals surface area (Å²) in [6, 6.07) is 1.26. The van der Waals surface area contributed by atoms with Crippen LogP contribution in [0.1, 0.15) is 52.4 Å². The molecule has 0 aromatic heterocycles. The maximum atomic E-state index is 11.6. The summed E-state index contributed by atoms with van der Waals surface area (Å²) < 4.78 is 0. The zero-order chi connectivity index (χ0) is 12.3. The van der Waals surface area contributed by atoms with Crippen LogP contribution in [0.25, 0.3) is 0 Å². The van der Waals surface area contributed by atoms with Gasteiger partial charge in [-0.2, -0.15) is 0 Å². The van der Waals surface area contributed by atoms with Crippen LogP contribution in [0.3, 0.4) is 0 Å². The first-order chi connectivity index (χ1) is 8.16. The molecule has 0 aromatic rings. The smallest absolute Gasteiger partial charge is 0.222 e. The van der Waals surface area contributed by atoms with E-state index < -0.39 is 0 Å². The molecule has 1 N–H and O–H groups in total. The van der Waals surface area contributed by atoms with E-state index in [9.17, 15) is 4.79 Å². The molecule has 0 atom stereocenters. The zero-order valence-corrected chi connectivity index (χ0v) is 11.2. The fourth-order valence-corrected chi connectivity index (χ4v) is 3.05. The van der Waals surface area contributed by atoms with Crippen molar-refractivity contribution in [3.05, 3.63) is 0 Å². The largest absolute Gasteiger partial charge is 0.353 e. The fourth-order valence-electron chi connectivity index (χ4n) is 3.05. The van der Waals surface area contributed by atoms with E-state index in [4.69, 9.17) is 0 Å². The van der Waals surface area contributed by atoms with Gasteiger partial charge in [-0.25, -0.2) is 0 Å². The summed E-state index contributed by atoms with van der Waals surface area (Å²) in [4.78, 5) is 14.3. The Bertz CT molecular complexity index is 251. The molecule has 98 valence electrons. The Labute approximate surface area is 105 Å². The van der Waals surface area contributed by atoms with Gasteiger partial charge >= 0.3 is 0 Å². The number of nitrogens with one attached hydrogen (secondary N) is 1. The number of carbonyl (C=O) groups excluding carboxylic acids is 1. The minimum Gasteiger partial charge on any atom is -0.353 e. The van der Waals surface area contributed by atoms with E-state index in [1.165, 1.54) is 38.8 Å². The van der Waals surface area contributed by atoms with Gasteiger partial charge in [0.2, 0.25) is 5.91 Å². The Morgan fingerprint density at radius 2 is 1.71 bits per heavy atom.